The van der Waals surface area contributed by atoms with Gasteiger partial charge in [-0.3, -0.25) is 4.79 Å². The van der Waals surface area contributed by atoms with Crippen molar-refractivity contribution in [3.05, 3.63) is 35.0 Å². The average molecular weight is 426 g/mol. The molecule has 1 aromatic heterocycles. The molecule has 2 heterocycles. The van der Waals surface area contributed by atoms with Crippen LogP contribution in [0, 0.1) is 0 Å². The minimum atomic E-state index is -2.71. The van der Waals surface area contributed by atoms with Crippen LogP contribution in [0.1, 0.15) is 61.7 Å². The molecule has 0 amide bonds. The molecular formula is C22H26ClF2NO3. The number of carbonyl (C=O) groups excluding carboxylic acids is 1. The van der Waals surface area contributed by atoms with Crippen molar-refractivity contribution in [2.75, 3.05) is 6.61 Å². The van der Waals surface area contributed by atoms with Gasteiger partial charge in [0.2, 0.25) is 5.92 Å². The number of nitrogens with zero attached hydrogens (tertiary/aromatic N) is 1. The van der Waals surface area contributed by atoms with E-state index in [1.807, 2.05) is 22.9 Å². The Morgan fingerprint density at radius 3 is 2.72 bits per heavy atom. The normalized spacial score (nSPS) is 23.5. The van der Waals surface area contributed by atoms with Crippen molar-refractivity contribution in [3.63, 3.8) is 0 Å². The van der Waals surface area contributed by atoms with Gasteiger partial charge in [-0.2, -0.15) is 0 Å². The molecule has 4 nitrogen and oxygen atoms in total. The van der Waals surface area contributed by atoms with Crippen molar-refractivity contribution in [2.24, 2.45) is 0 Å². The summed E-state index contributed by atoms with van der Waals surface area (Å²) >= 11 is 6.41. The Bertz CT molecular complexity index is 895. The van der Waals surface area contributed by atoms with Crippen LogP contribution in [0.4, 0.5) is 8.78 Å². The molecule has 1 unspecified atom stereocenters. The molecule has 2 fully saturated rings. The fraction of sp³-hybridized carbons (Fsp3) is 0.591. The molecule has 2 aliphatic rings. The van der Waals surface area contributed by atoms with Gasteiger partial charge in [0.25, 0.3) is 0 Å². The summed E-state index contributed by atoms with van der Waals surface area (Å²) in [6.07, 6.45) is 3.64. The van der Waals surface area contributed by atoms with Gasteiger partial charge >= 0.3 is 0 Å². The van der Waals surface area contributed by atoms with Crippen molar-refractivity contribution in [3.8, 4) is 0 Å². The van der Waals surface area contributed by atoms with Crippen LogP contribution in [0.25, 0.3) is 10.9 Å². The Hall–Kier alpha value is -1.50. The second-order valence-electron chi connectivity index (χ2n) is 8.47. The number of rotatable bonds is 6. The minimum Gasteiger partial charge on any atom is -0.390 e. The van der Waals surface area contributed by atoms with Gasteiger partial charge in [0.15, 0.2) is 5.78 Å². The van der Waals surface area contributed by atoms with Gasteiger partial charge in [0, 0.05) is 49.6 Å². The van der Waals surface area contributed by atoms with Crippen molar-refractivity contribution in [2.45, 2.75) is 75.5 Å². The number of halogens is 3. The highest BCUT2D eigenvalue weighted by atomic mass is 35.5. The molecule has 29 heavy (non-hydrogen) atoms. The number of hydrogen-bond acceptors (Lipinski definition) is 3. The molecule has 158 valence electrons. The van der Waals surface area contributed by atoms with Crippen LogP contribution in [-0.4, -0.2) is 39.7 Å². The Labute approximate surface area is 173 Å². The van der Waals surface area contributed by atoms with Gasteiger partial charge in [0.05, 0.1) is 22.2 Å². The van der Waals surface area contributed by atoms with Crippen LogP contribution in [0.15, 0.2) is 24.4 Å². The SMILES string of the molecule is O=C(CCC1(O)CCC(F)(F)CC1)c1cn(CC2CCCO2)c2cccc(Cl)c12. The molecule has 2 aromatic rings. The lowest BCUT2D eigenvalue weighted by atomic mass is 9.79. The average Bonchev–Trinajstić information content (AvgIpc) is 3.32. The predicted octanol–water partition coefficient (Wildman–Crippen LogP) is 5.38. The summed E-state index contributed by atoms with van der Waals surface area (Å²) in [4.78, 5) is 13.0. The smallest absolute Gasteiger partial charge is 0.248 e. The second kappa shape index (κ2) is 7.97. The summed E-state index contributed by atoms with van der Waals surface area (Å²) in [5.41, 5.74) is 0.206. The summed E-state index contributed by atoms with van der Waals surface area (Å²) in [7, 11) is 0. The van der Waals surface area contributed by atoms with Crippen LogP contribution in [0.5, 0.6) is 0 Å². The predicted molar refractivity (Wildman–Crippen MR) is 108 cm³/mol. The number of hydrogen-bond donors (Lipinski definition) is 1. The van der Waals surface area contributed by atoms with Gasteiger partial charge in [-0.1, -0.05) is 17.7 Å². The highest BCUT2D eigenvalue weighted by molar-refractivity contribution is 6.37. The maximum absolute atomic E-state index is 13.4. The van der Waals surface area contributed by atoms with E-state index in [4.69, 9.17) is 16.3 Å². The number of aliphatic hydroxyl groups is 1. The van der Waals surface area contributed by atoms with Crippen LogP contribution >= 0.6 is 11.6 Å². The van der Waals surface area contributed by atoms with Gasteiger partial charge in [0.1, 0.15) is 0 Å². The molecule has 0 spiro atoms. The number of ether oxygens (including phenoxy) is 1. The van der Waals surface area contributed by atoms with Gasteiger partial charge in [-0.25, -0.2) is 8.78 Å². The first-order valence-electron chi connectivity index (χ1n) is 10.3. The Morgan fingerprint density at radius 1 is 1.28 bits per heavy atom. The Balaban J connectivity index is 1.52. The Kier molecular flexibility index (Phi) is 5.70. The summed E-state index contributed by atoms with van der Waals surface area (Å²) < 4.78 is 34.5. The maximum atomic E-state index is 13.4. The largest absolute Gasteiger partial charge is 0.390 e. The third-order valence-electron chi connectivity index (χ3n) is 6.31. The summed E-state index contributed by atoms with van der Waals surface area (Å²) in [6.45, 7) is 1.41. The lowest BCUT2D eigenvalue weighted by Crippen LogP contribution is -2.38. The number of aromatic nitrogens is 1. The molecule has 1 aromatic carbocycles. The Morgan fingerprint density at radius 2 is 2.03 bits per heavy atom. The van der Waals surface area contributed by atoms with E-state index in [0.717, 1.165) is 25.0 Å². The van der Waals surface area contributed by atoms with Crippen molar-refractivity contribution in [1.29, 1.82) is 0 Å². The van der Waals surface area contributed by atoms with E-state index in [0.29, 0.717) is 22.5 Å². The number of fused-ring (bicyclic) bond motifs is 1. The molecule has 0 radical (unpaired) electrons. The first-order valence-corrected chi connectivity index (χ1v) is 10.7. The van der Waals surface area contributed by atoms with E-state index in [2.05, 4.69) is 0 Å². The first kappa shape index (κ1) is 20.8. The van der Waals surface area contributed by atoms with E-state index in [-0.39, 0.29) is 50.4 Å². The third kappa shape index (κ3) is 4.49. The molecule has 4 rings (SSSR count). The zero-order valence-electron chi connectivity index (χ0n) is 16.3. The zero-order chi connectivity index (χ0) is 20.6. The fourth-order valence-corrected chi connectivity index (χ4v) is 4.76. The van der Waals surface area contributed by atoms with Gasteiger partial charge in [-0.05, 0) is 44.2 Å². The van der Waals surface area contributed by atoms with Gasteiger partial charge in [-0.15, -0.1) is 0 Å². The third-order valence-corrected chi connectivity index (χ3v) is 6.62. The maximum Gasteiger partial charge on any atom is 0.248 e. The lowest BCUT2D eigenvalue weighted by Gasteiger charge is -2.35. The van der Waals surface area contributed by atoms with Gasteiger partial charge < -0.3 is 14.4 Å². The topological polar surface area (TPSA) is 51.5 Å². The lowest BCUT2D eigenvalue weighted by molar-refractivity contribution is -0.105. The molecule has 0 bridgehead atoms. The quantitative estimate of drug-likeness (QED) is 0.632. The molecule has 1 saturated heterocycles. The van der Waals surface area contributed by atoms with E-state index >= 15 is 0 Å². The van der Waals surface area contributed by atoms with Crippen molar-refractivity contribution in [1.82, 2.24) is 4.57 Å². The first-order chi connectivity index (χ1) is 13.8. The number of Topliss-reactive ketones (excluding diaryl/α,β-unsaturated/α-hetero) is 1. The number of carbonyl (C=O) groups is 1. The van der Waals surface area contributed by atoms with Crippen LogP contribution < -0.4 is 0 Å². The summed E-state index contributed by atoms with van der Waals surface area (Å²) in [6, 6.07) is 5.55. The fourth-order valence-electron chi connectivity index (χ4n) is 4.49. The molecule has 1 N–H and O–H groups in total. The van der Waals surface area contributed by atoms with Crippen molar-refractivity contribution >= 4 is 28.3 Å². The van der Waals surface area contributed by atoms with Crippen molar-refractivity contribution < 1.29 is 23.4 Å². The second-order valence-corrected chi connectivity index (χ2v) is 8.87. The van der Waals surface area contributed by atoms with Crippen LogP contribution in [0.2, 0.25) is 5.02 Å². The van der Waals surface area contributed by atoms with E-state index in [1.54, 1.807) is 6.07 Å². The number of ketones is 1. The van der Waals surface area contributed by atoms with Crippen LogP contribution in [-0.2, 0) is 11.3 Å². The standard InChI is InChI=1S/C22H26ClF2NO3/c23-17-4-1-5-18-20(17)16(14-26(18)13-15-3-2-12-29-15)19(27)6-7-21(28)8-10-22(24,25)11-9-21/h1,4-5,14-15,28H,2-3,6-13H2. The number of alkyl halides is 2. The van der Waals surface area contributed by atoms with E-state index in [1.165, 1.54) is 0 Å². The molecular weight excluding hydrogens is 400 g/mol. The minimum absolute atomic E-state index is 0.0226. The zero-order valence-corrected chi connectivity index (χ0v) is 17.1. The highest BCUT2D eigenvalue weighted by Gasteiger charge is 2.42. The molecule has 1 aliphatic carbocycles. The van der Waals surface area contributed by atoms with E-state index < -0.39 is 11.5 Å². The molecule has 1 atom stereocenters. The summed E-state index contributed by atoms with van der Waals surface area (Å²) in [5, 5.41) is 11.8. The monoisotopic (exact) mass is 425 g/mol. The summed E-state index contributed by atoms with van der Waals surface area (Å²) in [5.74, 6) is -2.83. The van der Waals surface area contributed by atoms with Crippen LogP contribution in [0.3, 0.4) is 0 Å². The molecule has 1 aliphatic heterocycles. The number of benzene rings is 1. The van der Waals surface area contributed by atoms with E-state index in [9.17, 15) is 18.7 Å². The molecule has 1 saturated carbocycles. The molecule has 7 heteroatoms. The highest BCUT2D eigenvalue weighted by Crippen LogP contribution is 2.41.